The number of nitro groups is 1. The number of aromatic amines is 1. The molecule has 9 heteroatoms. The lowest BCUT2D eigenvalue weighted by molar-refractivity contribution is -0.387. The molecule has 0 bridgehead atoms. The van der Waals surface area contributed by atoms with Crippen molar-refractivity contribution >= 4 is 5.69 Å². The molecule has 0 aliphatic rings. The first-order valence-corrected chi connectivity index (χ1v) is 4.04. The highest BCUT2D eigenvalue weighted by Gasteiger charge is 2.15. The minimum atomic E-state index is -1.04. The zero-order valence-electron chi connectivity index (χ0n) is 7.62. The van der Waals surface area contributed by atoms with Crippen LogP contribution in [0.4, 0.5) is 10.1 Å². The van der Waals surface area contributed by atoms with Crippen molar-refractivity contribution in [3.8, 4) is 5.69 Å². The van der Waals surface area contributed by atoms with Gasteiger partial charge in [0.15, 0.2) is 0 Å². The highest BCUT2D eigenvalue weighted by atomic mass is 19.1. The largest absolute Gasteiger partial charge is 0.365 e. The van der Waals surface area contributed by atoms with Crippen LogP contribution in [0.2, 0.25) is 0 Å². The highest BCUT2D eigenvalue weighted by Crippen LogP contribution is 2.18. The summed E-state index contributed by atoms with van der Waals surface area (Å²) >= 11 is 0. The lowest BCUT2D eigenvalue weighted by Gasteiger charge is -1.98. The summed E-state index contributed by atoms with van der Waals surface area (Å²) in [6, 6.07) is 2.99. The third-order valence-electron chi connectivity index (χ3n) is 1.84. The van der Waals surface area contributed by atoms with Crippen LogP contribution in [-0.2, 0) is 0 Å². The molecule has 82 valence electrons. The summed E-state index contributed by atoms with van der Waals surface area (Å²) in [6.45, 7) is 0. The first-order valence-electron chi connectivity index (χ1n) is 4.04. The Morgan fingerprint density at radius 2 is 2.25 bits per heavy atom. The molecule has 2 rings (SSSR count). The molecule has 0 atom stereocenters. The Morgan fingerprint density at radius 1 is 1.50 bits per heavy atom. The Bertz CT molecular complexity index is 604. The molecule has 0 unspecified atom stereocenters. The van der Waals surface area contributed by atoms with E-state index >= 15 is 0 Å². The SMILES string of the molecule is O=c1[nH]nnn1-c1ccc([N+](=O)[O-])c(F)c1. The zero-order chi connectivity index (χ0) is 11.7. The fraction of sp³-hybridized carbons (Fsp3) is 0. The molecule has 16 heavy (non-hydrogen) atoms. The van der Waals surface area contributed by atoms with Crippen LogP contribution in [0.3, 0.4) is 0 Å². The van der Waals surface area contributed by atoms with Crippen molar-refractivity contribution in [2.24, 2.45) is 0 Å². The number of H-pyrrole nitrogens is 1. The van der Waals surface area contributed by atoms with Crippen LogP contribution in [0.25, 0.3) is 5.69 Å². The average Bonchev–Trinajstić information content (AvgIpc) is 2.63. The van der Waals surface area contributed by atoms with Gasteiger partial charge in [-0.2, -0.15) is 9.07 Å². The Kier molecular flexibility index (Phi) is 2.20. The molecule has 0 aliphatic heterocycles. The van der Waals surface area contributed by atoms with Crippen LogP contribution >= 0.6 is 0 Å². The van der Waals surface area contributed by atoms with Crippen LogP contribution in [0, 0.1) is 15.9 Å². The minimum absolute atomic E-state index is 0.0573. The summed E-state index contributed by atoms with van der Waals surface area (Å²) in [5.41, 5.74) is -1.27. The van der Waals surface area contributed by atoms with Crippen molar-refractivity contribution in [2.75, 3.05) is 0 Å². The van der Waals surface area contributed by atoms with E-state index in [-0.39, 0.29) is 5.69 Å². The molecule has 0 spiro atoms. The van der Waals surface area contributed by atoms with Crippen LogP contribution in [0.5, 0.6) is 0 Å². The average molecular weight is 225 g/mol. The molecular formula is C7H4FN5O3. The molecule has 0 aliphatic carbocycles. The zero-order valence-corrected chi connectivity index (χ0v) is 7.62. The molecule has 2 aromatic rings. The van der Waals surface area contributed by atoms with E-state index in [1.54, 1.807) is 0 Å². The fourth-order valence-corrected chi connectivity index (χ4v) is 1.14. The van der Waals surface area contributed by atoms with Crippen molar-refractivity contribution in [1.82, 2.24) is 20.2 Å². The van der Waals surface area contributed by atoms with E-state index in [2.05, 4.69) is 10.4 Å². The molecule has 8 nitrogen and oxygen atoms in total. The van der Waals surface area contributed by atoms with Gasteiger partial charge in [0.25, 0.3) is 0 Å². The summed E-state index contributed by atoms with van der Waals surface area (Å²) in [7, 11) is 0. The maximum atomic E-state index is 13.2. The van der Waals surface area contributed by atoms with Gasteiger partial charge in [-0.15, -0.1) is 0 Å². The van der Waals surface area contributed by atoms with E-state index in [1.807, 2.05) is 5.10 Å². The molecule has 1 aromatic carbocycles. The number of rotatable bonds is 2. The second-order valence-corrected chi connectivity index (χ2v) is 2.81. The fourth-order valence-electron chi connectivity index (χ4n) is 1.14. The lowest BCUT2D eigenvalue weighted by Crippen LogP contribution is -2.16. The van der Waals surface area contributed by atoms with Gasteiger partial charge in [0.2, 0.25) is 5.82 Å². The molecule has 0 saturated heterocycles. The number of nitrogens with one attached hydrogen (secondary N) is 1. The third kappa shape index (κ3) is 1.54. The molecule has 0 fully saturated rings. The standard InChI is InChI=1S/C7H4FN5O3/c8-5-3-4(1-2-6(5)13(15)16)12-7(14)9-10-11-12/h1-3H,(H,9,11,14). The van der Waals surface area contributed by atoms with E-state index in [1.165, 1.54) is 6.07 Å². The van der Waals surface area contributed by atoms with E-state index < -0.39 is 22.1 Å². The summed E-state index contributed by atoms with van der Waals surface area (Å²) in [5.74, 6) is -1.04. The third-order valence-corrected chi connectivity index (χ3v) is 1.84. The van der Waals surface area contributed by atoms with Crippen LogP contribution in [0.15, 0.2) is 23.0 Å². The number of aromatic nitrogens is 4. The molecule has 1 N–H and O–H groups in total. The topological polar surface area (TPSA) is 107 Å². The number of tetrazole rings is 1. The van der Waals surface area contributed by atoms with Gasteiger partial charge in [0, 0.05) is 12.1 Å². The van der Waals surface area contributed by atoms with Crippen molar-refractivity contribution < 1.29 is 9.31 Å². The van der Waals surface area contributed by atoms with Gasteiger partial charge in [0.1, 0.15) is 0 Å². The molecule has 0 saturated carbocycles. The first kappa shape index (κ1) is 9.96. The van der Waals surface area contributed by atoms with Gasteiger partial charge in [0.05, 0.1) is 10.6 Å². The van der Waals surface area contributed by atoms with Gasteiger partial charge in [-0.05, 0) is 16.5 Å². The number of nitrogens with zero attached hydrogens (tertiary/aromatic N) is 4. The van der Waals surface area contributed by atoms with Gasteiger partial charge in [-0.3, -0.25) is 10.1 Å². The Morgan fingerprint density at radius 3 is 2.75 bits per heavy atom. The molecule has 0 radical (unpaired) electrons. The molecular weight excluding hydrogens is 221 g/mol. The number of hydrogen-bond acceptors (Lipinski definition) is 5. The van der Waals surface area contributed by atoms with E-state index in [0.717, 1.165) is 16.8 Å². The van der Waals surface area contributed by atoms with Crippen molar-refractivity contribution in [1.29, 1.82) is 0 Å². The van der Waals surface area contributed by atoms with Crippen molar-refractivity contribution in [2.45, 2.75) is 0 Å². The number of benzene rings is 1. The number of halogens is 1. The van der Waals surface area contributed by atoms with E-state index in [9.17, 15) is 19.3 Å². The molecule has 0 amide bonds. The Hall–Kier alpha value is -2.58. The smallest absolute Gasteiger partial charge is 0.258 e. The van der Waals surface area contributed by atoms with Gasteiger partial charge >= 0.3 is 11.4 Å². The second kappa shape index (κ2) is 3.53. The van der Waals surface area contributed by atoms with Crippen molar-refractivity contribution in [3.05, 3.63) is 44.6 Å². The van der Waals surface area contributed by atoms with Gasteiger partial charge in [-0.1, -0.05) is 0 Å². The van der Waals surface area contributed by atoms with Crippen molar-refractivity contribution in [3.63, 3.8) is 0 Å². The van der Waals surface area contributed by atoms with E-state index in [4.69, 9.17) is 0 Å². The monoisotopic (exact) mass is 225 g/mol. The summed E-state index contributed by atoms with van der Waals surface area (Å²) in [5, 5.41) is 18.9. The second-order valence-electron chi connectivity index (χ2n) is 2.81. The Labute approximate surface area is 86.5 Å². The van der Waals surface area contributed by atoms with Gasteiger partial charge < -0.3 is 0 Å². The van der Waals surface area contributed by atoms with Crippen LogP contribution in [-0.4, -0.2) is 25.1 Å². The quantitative estimate of drug-likeness (QED) is 0.571. The highest BCUT2D eigenvalue weighted by molar-refractivity contribution is 5.41. The molecule has 1 heterocycles. The maximum Gasteiger partial charge on any atom is 0.365 e. The van der Waals surface area contributed by atoms with Gasteiger partial charge in [-0.25, -0.2) is 9.89 Å². The molecule has 1 aromatic heterocycles. The Balaban J connectivity index is 2.54. The minimum Gasteiger partial charge on any atom is -0.258 e. The predicted molar refractivity (Wildman–Crippen MR) is 48.6 cm³/mol. The normalized spacial score (nSPS) is 10.3. The number of nitro benzene ring substituents is 1. The summed E-state index contributed by atoms with van der Waals surface area (Å²) in [4.78, 5) is 20.6. The summed E-state index contributed by atoms with van der Waals surface area (Å²) < 4.78 is 14.0. The van der Waals surface area contributed by atoms with Crippen LogP contribution in [0.1, 0.15) is 0 Å². The van der Waals surface area contributed by atoms with E-state index in [0.29, 0.717) is 0 Å². The maximum absolute atomic E-state index is 13.2. The summed E-state index contributed by atoms with van der Waals surface area (Å²) in [6.07, 6.45) is 0. The first-order chi connectivity index (χ1) is 7.59. The number of hydrogen-bond donors (Lipinski definition) is 1. The van der Waals surface area contributed by atoms with Crippen LogP contribution < -0.4 is 5.69 Å². The lowest BCUT2D eigenvalue weighted by atomic mass is 10.3. The predicted octanol–water partition coefficient (Wildman–Crippen LogP) is 0.00290.